The monoisotopic (exact) mass is 348 g/mol. The molecule has 0 saturated heterocycles. The molecule has 1 N–H and O–H groups in total. The molecule has 132 valence electrons. The molecule has 0 aliphatic rings. The van der Waals surface area contributed by atoms with Gasteiger partial charge in [0.1, 0.15) is 11.5 Å². The number of amides is 1. The maximum Gasteiger partial charge on any atom is 0.224 e. The van der Waals surface area contributed by atoms with Gasteiger partial charge in [-0.1, -0.05) is 30.3 Å². The van der Waals surface area contributed by atoms with E-state index in [0.717, 1.165) is 16.9 Å². The topological polar surface area (TPSA) is 60.5 Å². The molecular weight excluding hydrogens is 328 g/mol. The summed E-state index contributed by atoms with van der Waals surface area (Å²) in [6.07, 6.45) is 1.99. The number of hydrogen-bond acceptors (Lipinski definition) is 4. The first-order valence-electron chi connectivity index (χ1n) is 8.30. The third-order valence-corrected chi connectivity index (χ3v) is 3.75. The lowest BCUT2D eigenvalue weighted by atomic mass is 10.1. The Morgan fingerprint density at radius 1 is 0.962 bits per heavy atom. The highest BCUT2D eigenvalue weighted by atomic mass is 16.5. The Morgan fingerprint density at radius 3 is 2.50 bits per heavy atom. The zero-order chi connectivity index (χ0) is 18.2. The van der Waals surface area contributed by atoms with E-state index in [1.165, 1.54) is 0 Å². The highest BCUT2D eigenvalue weighted by Gasteiger charge is 2.05. The summed E-state index contributed by atoms with van der Waals surface area (Å²) in [6, 6.07) is 20.6. The Hall–Kier alpha value is -3.34. The van der Waals surface area contributed by atoms with Crippen LogP contribution in [0.4, 0.5) is 0 Å². The van der Waals surface area contributed by atoms with Gasteiger partial charge in [0.05, 0.1) is 13.5 Å². The number of carbonyl (C=O) groups excluding carboxylic acids is 1. The Bertz CT molecular complexity index is 866. The van der Waals surface area contributed by atoms with Crippen LogP contribution in [0, 0.1) is 0 Å². The van der Waals surface area contributed by atoms with E-state index in [9.17, 15) is 4.79 Å². The number of carbonyl (C=O) groups is 1. The molecule has 0 aliphatic carbocycles. The van der Waals surface area contributed by atoms with E-state index < -0.39 is 0 Å². The molecule has 1 aromatic heterocycles. The number of benzene rings is 2. The number of pyridine rings is 1. The molecule has 0 fully saturated rings. The average molecular weight is 348 g/mol. The minimum Gasteiger partial charge on any atom is -0.497 e. The molecular formula is C21H20N2O3. The normalized spacial score (nSPS) is 10.2. The fourth-order valence-corrected chi connectivity index (χ4v) is 2.48. The Labute approximate surface area is 152 Å². The van der Waals surface area contributed by atoms with E-state index >= 15 is 0 Å². The van der Waals surface area contributed by atoms with E-state index in [2.05, 4.69) is 10.3 Å². The van der Waals surface area contributed by atoms with E-state index in [0.29, 0.717) is 24.6 Å². The number of aromatic nitrogens is 1. The van der Waals surface area contributed by atoms with Crippen LogP contribution in [0.3, 0.4) is 0 Å². The van der Waals surface area contributed by atoms with Crippen molar-refractivity contribution in [2.45, 2.75) is 13.0 Å². The second-order valence-corrected chi connectivity index (χ2v) is 5.72. The predicted octanol–water partition coefficient (Wildman–Crippen LogP) is 3.74. The van der Waals surface area contributed by atoms with E-state index in [4.69, 9.17) is 9.47 Å². The summed E-state index contributed by atoms with van der Waals surface area (Å²) >= 11 is 0. The van der Waals surface area contributed by atoms with Gasteiger partial charge in [0.15, 0.2) is 0 Å². The fraction of sp³-hybridized carbons (Fsp3) is 0.143. The van der Waals surface area contributed by atoms with Crippen molar-refractivity contribution in [2.75, 3.05) is 7.11 Å². The first-order chi connectivity index (χ1) is 12.7. The van der Waals surface area contributed by atoms with Gasteiger partial charge in [-0.15, -0.1) is 0 Å². The number of ether oxygens (including phenoxy) is 2. The molecule has 0 bridgehead atoms. The van der Waals surface area contributed by atoms with Crippen molar-refractivity contribution in [2.24, 2.45) is 0 Å². The smallest absolute Gasteiger partial charge is 0.224 e. The first-order valence-corrected chi connectivity index (χ1v) is 8.30. The summed E-state index contributed by atoms with van der Waals surface area (Å²) in [5.74, 6) is 1.92. The molecule has 2 aromatic carbocycles. The van der Waals surface area contributed by atoms with Gasteiger partial charge in [0.25, 0.3) is 0 Å². The number of nitrogens with zero attached hydrogens (tertiary/aromatic N) is 1. The van der Waals surface area contributed by atoms with Gasteiger partial charge in [-0.05, 0) is 41.5 Å². The molecule has 0 unspecified atom stereocenters. The molecule has 26 heavy (non-hydrogen) atoms. The van der Waals surface area contributed by atoms with Crippen LogP contribution in [0.25, 0.3) is 0 Å². The lowest BCUT2D eigenvalue weighted by Gasteiger charge is -2.09. The van der Waals surface area contributed by atoms with Crippen molar-refractivity contribution in [1.82, 2.24) is 10.3 Å². The van der Waals surface area contributed by atoms with Crippen LogP contribution in [0.1, 0.15) is 11.1 Å². The van der Waals surface area contributed by atoms with Crippen LogP contribution >= 0.6 is 0 Å². The first kappa shape index (κ1) is 17.5. The van der Waals surface area contributed by atoms with Crippen molar-refractivity contribution in [3.05, 3.63) is 84.1 Å². The van der Waals surface area contributed by atoms with Crippen molar-refractivity contribution in [3.8, 4) is 17.4 Å². The lowest BCUT2D eigenvalue weighted by molar-refractivity contribution is -0.120. The molecule has 1 heterocycles. The SMILES string of the molecule is COc1cccc(CC(=O)NCc2cccc(Oc3ccccn3)c2)c1. The summed E-state index contributed by atoms with van der Waals surface area (Å²) < 4.78 is 10.9. The van der Waals surface area contributed by atoms with Gasteiger partial charge in [0, 0.05) is 18.8 Å². The molecule has 1 amide bonds. The van der Waals surface area contributed by atoms with Crippen LogP contribution in [0.2, 0.25) is 0 Å². The molecule has 5 heteroatoms. The summed E-state index contributed by atoms with van der Waals surface area (Å²) in [5.41, 5.74) is 1.87. The summed E-state index contributed by atoms with van der Waals surface area (Å²) in [4.78, 5) is 16.3. The largest absolute Gasteiger partial charge is 0.497 e. The van der Waals surface area contributed by atoms with Crippen molar-refractivity contribution >= 4 is 5.91 Å². The maximum atomic E-state index is 12.2. The summed E-state index contributed by atoms with van der Waals surface area (Å²) in [7, 11) is 1.61. The minimum atomic E-state index is -0.0469. The van der Waals surface area contributed by atoms with Crippen LogP contribution in [-0.2, 0) is 17.8 Å². The zero-order valence-electron chi connectivity index (χ0n) is 14.5. The van der Waals surface area contributed by atoms with Gasteiger partial charge in [-0.3, -0.25) is 4.79 Å². The van der Waals surface area contributed by atoms with E-state index in [-0.39, 0.29) is 5.91 Å². The third-order valence-electron chi connectivity index (χ3n) is 3.75. The van der Waals surface area contributed by atoms with Gasteiger partial charge in [-0.2, -0.15) is 0 Å². The predicted molar refractivity (Wildman–Crippen MR) is 99.3 cm³/mol. The zero-order valence-corrected chi connectivity index (χ0v) is 14.5. The molecule has 0 atom stereocenters. The van der Waals surface area contributed by atoms with Gasteiger partial charge in [0.2, 0.25) is 11.8 Å². The molecule has 0 spiro atoms. The van der Waals surface area contributed by atoms with E-state index in [1.54, 1.807) is 19.4 Å². The number of methoxy groups -OCH3 is 1. The van der Waals surface area contributed by atoms with Crippen LogP contribution in [0.15, 0.2) is 72.9 Å². The molecule has 3 rings (SSSR count). The van der Waals surface area contributed by atoms with Crippen molar-refractivity contribution in [1.29, 1.82) is 0 Å². The quantitative estimate of drug-likeness (QED) is 0.706. The Kier molecular flexibility index (Phi) is 5.83. The number of rotatable bonds is 7. The highest BCUT2D eigenvalue weighted by molar-refractivity contribution is 5.78. The minimum absolute atomic E-state index is 0.0469. The maximum absolute atomic E-state index is 12.2. The molecule has 0 aliphatic heterocycles. The van der Waals surface area contributed by atoms with Crippen molar-refractivity contribution < 1.29 is 14.3 Å². The van der Waals surface area contributed by atoms with Crippen LogP contribution in [0.5, 0.6) is 17.4 Å². The van der Waals surface area contributed by atoms with Crippen LogP contribution < -0.4 is 14.8 Å². The summed E-state index contributed by atoms with van der Waals surface area (Å²) in [5, 5.41) is 2.93. The fourth-order valence-electron chi connectivity index (χ4n) is 2.48. The Morgan fingerprint density at radius 2 is 1.73 bits per heavy atom. The number of nitrogens with one attached hydrogen (secondary N) is 1. The third kappa shape index (κ3) is 5.08. The standard InChI is InChI=1S/C21H20N2O3/c1-25-18-8-4-6-16(12-18)14-20(24)23-15-17-7-5-9-19(13-17)26-21-10-2-3-11-22-21/h2-13H,14-15H2,1H3,(H,23,24). The van der Waals surface area contributed by atoms with Crippen molar-refractivity contribution in [3.63, 3.8) is 0 Å². The summed E-state index contributed by atoms with van der Waals surface area (Å²) in [6.45, 7) is 0.433. The van der Waals surface area contributed by atoms with Gasteiger partial charge < -0.3 is 14.8 Å². The average Bonchev–Trinajstić information content (AvgIpc) is 2.68. The second-order valence-electron chi connectivity index (χ2n) is 5.72. The Balaban J connectivity index is 1.55. The van der Waals surface area contributed by atoms with Gasteiger partial charge >= 0.3 is 0 Å². The lowest BCUT2D eigenvalue weighted by Crippen LogP contribution is -2.24. The molecule has 0 saturated carbocycles. The van der Waals surface area contributed by atoms with E-state index in [1.807, 2.05) is 60.7 Å². The highest BCUT2D eigenvalue weighted by Crippen LogP contribution is 2.20. The second kappa shape index (κ2) is 8.67. The van der Waals surface area contributed by atoms with Crippen LogP contribution in [-0.4, -0.2) is 18.0 Å². The molecule has 3 aromatic rings. The molecule has 0 radical (unpaired) electrons. The van der Waals surface area contributed by atoms with Gasteiger partial charge in [-0.25, -0.2) is 4.98 Å². The molecule has 5 nitrogen and oxygen atoms in total. The number of hydrogen-bond donors (Lipinski definition) is 1.